The number of aliphatic imine (C=N–C) groups is 1. The molecule has 9 heteroatoms. The van der Waals surface area contributed by atoms with E-state index in [-0.39, 0.29) is 41.2 Å². The van der Waals surface area contributed by atoms with E-state index in [4.69, 9.17) is 0 Å². The minimum absolute atomic E-state index is 0.00871. The first-order valence-electron chi connectivity index (χ1n) is 10.8. The van der Waals surface area contributed by atoms with E-state index in [0.29, 0.717) is 38.6 Å². The number of nitro benzene ring substituents is 1. The van der Waals surface area contributed by atoms with Gasteiger partial charge in [-0.1, -0.05) is 24.3 Å². The van der Waals surface area contributed by atoms with Gasteiger partial charge in [0.2, 0.25) is 11.8 Å². The molecule has 1 heterocycles. The van der Waals surface area contributed by atoms with E-state index >= 15 is 0 Å². The first kappa shape index (κ1) is 21.0. The fraction of sp³-hybridized carbons (Fsp3) is 0.500. The van der Waals surface area contributed by atoms with Crippen LogP contribution in [0.25, 0.3) is 0 Å². The third-order valence-electron chi connectivity index (χ3n) is 6.32. The Morgan fingerprint density at radius 3 is 2.35 bits per heavy atom. The van der Waals surface area contributed by atoms with Gasteiger partial charge in [-0.2, -0.15) is 0 Å². The molecule has 3 aliphatic rings. The van der Waals surface area contributed by atoms with E-state index in [9.17, 15) is 19.7 Å². The number of nitro groups is 1. The fourth-order valence-corrected chi connectivity index (χ4v) is 4.86. The summed E-state index contributed by atoms with van der Waals surface area (Å²) in [5, 5.41) is 17.1. The summed E-state index contributed by atoms with van der Waals surface area (Å²) in [4.78, 5) is 41.7. The molecule has 4 unspecified atom stereocenters. The molecule has 1 saturated carbocycles. The normalized spacial score (nSPS) is 26.5. The number of carbonyl (C=O) groups is 2. The topological polar surface area (TPSA) is 117 Å². The minimum Gasteiger partial charge on any atom is -0.357 e. The number of nitrogens with zero attached hydrogens (tertiary/aromatic N) is 3. The Morgan fingerprint density at radius 1 is 1.13 bits per heavy atom. The van der Waals surface area contributed by atoms with Crippen molar-refractivity contribution in [3.8, 4) is 0 Å². The maximum atomic E-state index is 12.7. The molecule has 4 rings (SSSR count). The molecule has 1 aromatic rings. The second-order valence-corrected chi connectivity index (χ2v) is 8.23. The van der Waals surface area contributed by atoms with Crippen LogP contribution in [0.2, 0.25) is 0 Å². The Kier molecular flexibility index (Phi) is 6.01. The van der Waals surface area contributed by atoms with Crippen LogP contribution in [-0.4, -0.2) is 47.2 Å². The molecular formula is C22H27N5O4. The minimum atomic E-state index is -0.428. The van der Waals surface area contributed by atoms with Gasteiger partial charge >= 0.3 is 0 Å². The number of benzene rings is 1. The van der Waals surface area contributed by atoms with E-state index < -0.39 is 4.92 Å². The number of carbonyl (C=O) groups excluding carboxylic acids is 2. The number of allylic oxidation sites excluding steroid dienone is 2. The predicted octanol–water partition coefficient (Wildman–Crippen LogP) is 1.85. The zero-order valence-electron chi connectivity index (χ0n) is 17.5. The molecule has 2 amide bonds. The van der Waals surface area contributed by atoms with Gasteiger partial charge in [-0.05, 0) is 37.2 Å². The van der Waals surface area contributed by atoms with Crippen molar-refractivity contribution < 1.29 is 14.5 Å². The van der Waals surface area contributed by atoms with Crippen molar-refractivity contribution in [1.82, 2.24) is 15.5 Å². The largest absolute Gasteiger partial charge is 0.357 e. The van der Waals surface area contributed by atoms with Crippen LogP contribution < -0.4 is 10.6 Å². The Morgan fingerprint density at radius 2 is 1.77 bits per heavy atom. The van der Waals surface area contributed by atoms with Gasteiger partial charge in [0.15, 0.2) is 5.96 Å². The number of fused-ring (bicyclic) bond motifs is 5. The summed E-state index contributed by atoms with van der Waals surface area (Å²) >= 11 is 0. The van der Waals surface area contributed by atoms with Crippen LogP contribution in [-0.2, 0) is 16.1 Å². The summed E-state index contributed by atoms with van der Waals surface area (Å²) in [6.45, 7) is 4.03. The summed E-state index contributed by atoms with van der Waals surface area (Å²) in [7, 11) is 0. The van der Waals surface area contributed by atoms with Gasteiger partial charge < -0.3 is 10.6 Å². The monoisotopic (exact) mass is 425 g/mol. The maximum Gasteiger partial charge on any atom is 0.269 e. The van der Waals surface area contributed by atoms with Crippen LogP contribution in [0.4, 0.5) is 5.69 Å². The molecule has 2 bridgehead atoms. The Bertz CT molecular complexity index is 896. The molecule has 9 nitrogen and oxygen atoms in total. The Labute approximate surface area is 180 Å². The predicted molar refractivity (Wildman–Crippen MR) is 115 cm³/mol. The van der Waals surface area contributed by atoms with E-state index in [0.717, 1.165) is 12.0 Å². The van der Waals surface area contributed by atoms with Gasteiger partial charge in [-0.3, -0.25) is 24.6 Å². The van der Waals surface area contributed by atoms with E-state index in [1.807, 2.05) is 6.92 Å². The van der Waals surface area contributed by atoms with Crippen LogP contribution in [0.3, 0.4) is 0 Å². The van der Waals surface area contributed by atoms with Crippen LogP contribution in [0, 0.1) is 33.8 Å². The lowest BCUT2D eigenvalue weighted by Crippen LogP contribution is -2.40. The quantitative estimate of drug-likeness (QED) is 0.125. The van der Waals surface area contributed by atoms with E-state index in [1.54, 1.807) is 12.1 Å². The Balaban J connectivity index is 1.26. The highest BCUT2D eigenvalue weighted by Crippen LogP contribution is 2.52. The number of likely N-dealkylation sites (tertiary alicyclic amines) is 1. The average Bonchev–Trinajstić information content (AvgIpc) is 3.44. The molecule has 4 atom stereocenters. The van der Waals surface area contributed by atoms with Crippen molar-refractivity contribution in [2.75, 3.05) is 19.6 Å². The van der Waals surface area contributed by atoms with Crippen molar-refractivity contribution >= 4 is 23.5 Å². The molecule has 164 valence electrons. The van der Waals surface area contributed by atoms with Gasteiger partial charge in [0.25, 0.3) is 5.69 Å². The second kappa shape index (κ2) is 8.87. The Hall–Kier alpha value is -3.23. The lowest BCUT2D eigenvalue weighted by molar-refractivity contribution is -0.384. The van der Waals surface area contributed by atoms with Gasteiger partial charge in [0.1, 0.15) is 0 Å². The first-order chi connectivity index (χ1) is 15.0. The van der Waals surface area contributed by atoms with E-state index in [1.165, 1.54) is 17.0 Å². The summed E-state index contributed by atoms with van der Waals surface area (Å²) in [5.41, 5.74) is 0.919. The van der Waals surface area contributed by atoms with Gasteiger partial charge in [0, 0.05) is 31.8 Å². The van der Waals surface area contributed by atoms with Crippen LogP contribution >= 0.6 is 0 Å². The van der Waals surface area contributed by atoms with Crippen molar-refractivity contribution in [3.63, 3.8) is 0 Å². The third-order valence-corrected chi connectivity index (χ3v) is 6.32. The summed E-state index contributed by atoms with van der Waals surface area (Å²) in [6, 6.07) is 6.31. The average molecular weight is 425 g/mol. The molecule has 0 radical (unpaired) electrons. The van der Waals surface area contributed by atoms with Crippen molar-refractivity contribution in [2.45, 2.75) is 26.3 Å². The lowest BCUT2D eigenvalue weighted by atomic mass is 9.85. The smallest absolute Gasteiger partial charge is 0.269 e. The molecule has 0 aromatic heterocycles. The maximum absolute atomic E-state index is 12.7. The van der Waals surface area contributed by atoms with E-state index in [2.05, 4.69) is 27.8 Å². The molecule has 1 aromatic carbocycles. The highest BCUT2D eigenvalue weighted by Gasteiger charge is 2.58. The molecule has 1 saturated heterocycles. The van der Waals surface area contributed by atoms with Crippen LogP contribution in [0.5, 0.6) is 0 Å². The van der Waals surface area contributed by atoms with Gasteiger partial charge in [0.05, 0.1) is 23.3 Å². The number of hydrogen-bond acceptors (Lipinski definition) is 5. The number of imide groups is 1. The molecular weight excluding hydrogens is 398 g/mol. The summed E-state index contributed by atoms with van der Waals surface area (Å²) in [5.74, 6) is 0.797. The zero-order valence-corrected chi connectivity index (χ0v) is 17.5. The number of rotatable bonds is 8. The number of amides is 2. The number of hydrogen-bond donors (Lipinski definition) is 2. The highest BCUT2D eigenvalue weighted by atomic mass is 16.6. The summed E-state index contributed by atoms with van der Waals surface area (Å²) < 4.78 is 0. The molecule has 2 N–H and O–H groups in total. The van der Waals surface area contributed by atoms with Crippen LogP contribution in [0.1, 0.15) is 25.3 Å². The number of guanidine groups is 1. The standard InChI is InChI=1S/C22H27N5O4/c1-2-23-22(25-13-14-4-8-17(9-5-14)27(30)31)24-10-3-11-26-20(28)18-15-6-7-16(12-15)19(18)21(26)29/h4-9,15-16,18-19H,2-3,10-13H2,1H3,(H2,23,24,25). The van der Waals surface area contributed by atoms with Crippen molar-refractivity contribution in [3.05, 3.63) is 52.1 Å². The van der Waals surface area contributed by atoms with Gasteiger partial charge in [-0.15, -0.1) is 0 Å². The third kappa shape index (κ3) is 4.17. The summed E-state index contributed by atoms with van der Waals surface area (Å²) in [6.07, 6.45) is 5.79. The zero-order chi connectivity index (χ0) is 22.0. The molecule has 0 spiro atoms. The fourth-order valence-electron chi connectivity index (χ4n) is 4.86. The van der Waals surface area contributed by atoms with Crippen molar-refractivity contribution in [2.24, 2.45) is 28.7 Å². The van der Waals surface area contributed by atoms with Crippen LogP contribution in [0.15, 0.2) is 41.4 Å². The molecule has 1 aliphatic heterocycles. The molecule has 31 heavy (non-hydrogen) atoms. The number of non-ortho nitro benzene ring substituents is 1. The highest BCUT2D eigenvalue weighted by molar-refractivity contribution is 6.06. The SMILES string of the molecule is CCNC(=NCc1ccc([N+](=O)[O-])cc1)NCCCN1C(=O)C2C3C=CC(C3)C2C1=O. The lowest BCUT2D eigenvalue weighted by Gasteiger charge is -2.18. The second-order valence-electron chi connectivity index (χ2n) is 8.23. The van der Waals surface area contributed by atoms with Gasteiger partial charge in [-0.25, -0.2) is 4.99 Å². The first-order valence-corrected chi connectivity index (χ1v) is 10.8. The number of nitrogens with one attached hydrogen (secondary N) is 2. The molecule has 2 fully saturated rings. The van der Waals surface area contributed by atoms with Crippen molar-refractivity contribution in [1.29, 1.82) is 0 Å². The molecule has 2 aliphatic carbocycles.